The first-order valence-corrected chi connectivity index (χ1v) is 17.8. The third kappa shape index (κ3) is 4.00. The van der Waals surface area contributed by atoms with Crippen molar-refractivity contribution >= 4 is 17.1 Å². The largest absolute Gasteiger partial charge is 0.309 e. The van der Waals surface area contributed by atoms with Gasteiger partial charge in [0.05, 0.1) is 52.0 Å². The minimum absolute atomic E-state index is 0.424. The Hall–Kier alpha value is -6.41. The Morgan fingerprint density at radius 2 is 0.615 bits per heavy atom. The van der Waals surface area contributed by atoms with E-state index in [2.05, 4.69) is 101 Å². The molecule has 4 nitrogen and oxygen atoms in total. The lowest BCUT2D eigenvalue weighted by atomic mass is 9.59. The zero-order valence-electron chi connectivity index (χ0n) is 30.2. The minimum Gasteiger partial charge on any atom is -0.309 e. The molecule has 0 unspecified atom stereocenters. The van der Waals surface area contributed by atoms with Gasteiger partial charge in [0.15, 0.2) is 0 Å². The molecule has 0 atom stereocenters. The second-order valence-electron chi connectivity index (χ2n) is 15.9. The molecule has 0 aliphatic carbocycles. The van der Waals surface area contributed by atoms with Gasteiger partial charge in [-0.05, 0) is 121 Å². The van der Waals surface area contributed by atoms with E-state index in [1.807, 2.05) is 72.8 Å². The van der Waals surface area contributed by atoms with Crippen LogP contribution in [0.2, 0.25) is 0 Å². The van der Waals surface area contributed by atoms with Gasteiger partial charge in [0.1, 0.15) is 0 Å². The zero-order chi connectivity index (χ0) is 36.3. The lowest BCUT2D eigenvalue weighted by Crippen LogP contribution is -2.43. The minimum atomic E-state index is -0.424. The van der Waals surface area contributed by atoms with E-state index in [1.54, 1.807) is 0 Å². The molecule has 4 heteroatoms. The van der Waals surface area contributed by atoms with Gasteiger partial charge >= 0.3 is 0 Å². The summed E-state index contributed by atoms with van der Waals surface area (Å²) in [6, 6.07) is 44.8. The molecule has 3 aliphatic rings. The van der Waals surface area contributed by atoms with Gasteiger partial charge in [0, 0.05) is 16.2 Å². The SMILES string of the molecule is CC1(C)c2cc(-c3ccccc3C#N)cc3c2N2c4c1cc(-c1ccccc1C#N)cc4C(C)(C)c1cc(-c4ccccc4C#N)cc(c12)C3(C)C. The molecule has 3 heterocycles. The molecule has 9 rings (SSSR count). The van der Waals surface area contributed by atoms with Crippen LogP contribution in [0.3, 0.4) is 0 Å². The van der Waals surface area contributed by atoms with Gasteiger partial charge in [0.2, 0.25) is 0 Å². The summed E-state index contributed by atoms with van der Waals surface area (Å²) in [6.45, 7) is 13.9. The quantitative estimate of drug-likeness (QED) is 0.188. The van der Waals surface area contributed by atoms with Gasteiger partial charge in [0.25, 0.3) is 0 Å². The Labute approximate surface area is 305 Å². The number of hydrogen-bond acceptors (Lipinski definition) is 4. The molecule has 0 saturated carbocycles. The standard InChI is InChI=1S/C48H36N4/c1-46(2)37-19-31(34-16-10-7-13-28(34)25-49)21-39-43(37)52-44-38(46)20-32(35-17-11-8-14-29(35)26-50)22-40(44)48(5,6)42-24-33(23-41(45(42)52)47(39,3)4)36-18-12-9-15-30(36)27-51/h7-24H,1-6H3. The highest BCUT2D eigenvalue weighted by Crippen LogP contribution is 2.67. The molecule has 0 bridgehead atoms. The average molecular weight is 669 g/mol. The van der Waals surface area contributed by atoms with Crippen LogP contribution in [0.15, 0.2) is 109 Å². The van der Waals surface area contributed by atoms with Gasteiger partial charge < -0.3 is 4.90 Å². The molecule has 0 spiro atoms. The normalized spacial score (nSPS) is 15.9. The number of nitriles is 3. The number of anilines is 3. The van der Waals surface area contributed by atoms with E-state index in [4.69, 9.17) is 0 Å². The molecule has 0 fully saturated rings. The van der Waals surface area contributed by atoms with E-state index < -0.39 is 16.2 Å². The van der Waals surface area contributed by atoms with Crippen LogP contribution in [0.1, 0.15) is 91.6 Å². The molecule has 3 aliphatic heterocycles. The fourth-order valence-corrected chi connectivity index (χ4v) is 9.22. The first kappa shape index (κ1) is 31.6. The third-order valence-corrected chi connectivity index (χ3v) is 12.1. The van der Waals surface area contributed by atoms with Crippen molar-refractivity contribution in [3.63, 3.8) is 0 Å². The molecule has 0 saturated heterocycles. The molecular weight excluding hydrogens is 633 g/mol. The van der Waals surface area contributed by atoms with E-state index in [0.29, 0.717) is 16.7 Å². The summed E-state index contributed by atoms with van der Waals surface area (Å²) in [6.07, 6.45) is 0. The van der Waals surface area contributed by atoms with Crippen LogP contribution >= 0.6 is 0 Å². The summed E-state index contributed by atoms with van der Waals surface area (Å²) in [7, 11) is 0. The molecule has 6 aromatic carbocycles. The molecule has 0 amide bonds. The number of benzene rings is 6. The van der Waals surface area contributed by atoms with E-state index in [-0.39, 0.29) is 0 Å². The van der Waals surface area contributed by atoms with Crippen molar-refractivity contribution in [3.8, 4) is 51.6 Å². The third-order valence-electron chi connectivity index (χ3n) is 12.1. The van der Waals surface area contributed by atoms with Crippen LogP contribution in [0.4, 0.5) is 17.1 Å². The Bertz CT molecular complexity index is 2330. The molecule has 52 heavy (non-hydrogen) atoms. The van der Waals surface area contributed by atoms with Crippen LogP contribution in [-0.4, -0.2) is 0 Å². The van der Waals surface area contributed by atoms with Crippen molar-refractivity contribution in [1.29, 1.82) is 15.8 Å². The number of rotatable bonds is 3. The highest BCUT2D eigenvalue weighted by atomic mass is 15.2. The summed E-state index contributed by atoms with van der Waals surface area (Å²) < 4.78 is 0. The smallest absolute Gasteiger partial charge is 0.0998 e. The van der Waals surface area contributed by atoms with Gasteiger partial charge in [-0.1, -0.05) is 96.1 Å². The summed E-state index contributed by atoms with van der Waals surface area (Å²) in [4.78, 5) is 2.53. The lowest BCUT2D eigenvalue weighted by molar-refractivity contribution is 0.567. The van der Waals surface area contributed by atoms with Crippen molar-refractivity contribution in [2.24, 2.45) is 0 Å². The Morgan fingerprint density at radius 3 is 0.846 bits per heavy atom. The van der Waals surface area contributed by atoms with Crippen LogP contribution in [-0.2, 0) is 16.2 Å². The van der Waals surface area contributed by atoms with Gasteiger partial charge in [-0.3, -0.25) is 0 Å². The van der Waals surface area contributed by atoms with Crippen molar-refractivity contribution < 1.29 is 0 Å². The highest BCUT2D eigenvalue weighted by molar-refractivity contribution is 6.01. The highest BCUT2D eigenvalue weighted by Gasteiger charge is 2.52. The Kier molecular flexibility index (Phi) is 6.41. The first-order valence-electron chi connectivity index (χ1n) is 17.8. The van der Waals surface area contributed by atoms with Crippen molar-refractivity contribution in [3.05, 3.63) is 159 Å². The summed E-state index contributed by atoms with van der Waals surface area (Å²) in [5.41, 5.74) is 17.4. The number of nitrogens with zero attached hydrogens (tertiary/aromatic N) is 4. The van der Waals surface area contributed by atoms with Crippen LogP contribution in [0.25, 0.3) is 33.4 Å². The van der Waals surface area contributed by atoms with E-state index in [0.717, 1.165) is 33.4 Å². The van der Waals surface area contributed by atoms with Crippen molar-refractivity contribution in [1.82, 2.24) is 0 Å². The zero-order valence-corrected chi connectivity index (χ0v) is 30.2. The van der Waals surface area contributed by atoms with Crippen LogP contribution in [0, 0.1) is 34.0 Å². The summed E-state index contributed by atoms with van der Waals surface area (Å²) >= 11 is 0. The van der Waals surface area contributed by atoms with Crippen LogP contribution in [0.5, 0.6) is 0 Å². The molecular formula is C48H36N4. The van der Waals surface area contributed by atoms with Gasteiger partial charge in [-0.2, -0.15) is 15.8 Å². The Morgan fingerprint density at radius 1 is 0.385 bits per heavy atom. The van der Waals surface area contributed by atoms with E-state index >= 15 is 0 Å². The van der Waals surface area contributed by atoms with E-state index in [9.17, 15) is 15.8 Å². The number of hydrogen-bond donors (Lipinski definition) is 0. The van der Waals surface area contributed by atoms with Crippen molar-refractivity contribution in [2.75, 3.05) is 4.90 Å². The summed E-state index contributed by atoms with van der Waals surface area (Å²) in [5.74, 6) is 0. The Balaban J connectivity index is 1.46. The fourth-order valence-electron chi connectivity index (χ4n) is 9.22. The second kappa shape index (κ2) is 10.6. The average Bonchev–Trinajstić information content (AvgIpc) is 3.16. The second-order valence-corrected chi connectivity index (χ2v) is 15.9. The van der Waals surface area contributed by atoms with Gasteiger partial charge in [-0.15, -0.1) is 0 Å². The molecule has 0 radical (unpaired) electrons. The summed E-state index contributed by atoms with van der Waals surface area (Å²) in [5, 5.41) is 30.6. The maximum atomic E-state index is 10.2. The fraction of sp³-hybridized carbons (Fsp3) is 0.188. The molecule has 0 N–H and O–H groups in total. The van der Waals surface area contributed by atoms with E-state index in [1.165, 1.54) is 50.4 Å². The maximum Gasteiger partial charge on any atom is 0.0998 e. The monoisotopic (exact) mass is 668 g/mol. The molecule has 248 valence electrons. The van der Waals surface area contributed by atoms with Crippen LogP contribution < -0.4 is 4.90 Å². The topological polar surface area (TPSA) is 74.6 Å². The predicted octanol–water partition coefficient (Wildman–Crippen LogP) is 11.7. The van der Waals surface area contributed by atoms with Gasteiger partial charge in [-0.25, -0.2) is 0 Å². The predicted molar refractivity (Wildman–Crippen MR) is 208 cm³/mol. The lowest BCUT2D eigenvalue weighted by Gasteiger charge is -2.55. The first-order chi connectivity index (χ1) is 24.9. The van der Waals surface area contributed by atoms with Crippen molar-refractivity contribution in [2.45, 2.75) is 57.8 Å². The molecule has 6 aromatic rings. The maximum absolute atomic E-state index is 10.2. The molecule has 0 aromatic heterocycles.